The minimum absolute atomic E-state index is 0.00667. The summed E-state index contributed by atoms with van der Waals surface area (Å²) in [5.74, 6) is 0.0538. The summed E-state index contributed by atoms with van der Waals surface area (Å²) in [6.45, 7) is 0. The Morgan fingerprint density at radius 2 is 1.39 bits per heavy atom. The predicted octanol–water partition coefficient (Wildman–Crippen LogP) is 3.18. The quantitative estimate of drug-likeness (QED) is 0.295. The van der Waals surface area contributed by atoms with Crippen LogP contribution in [0, 0.1) is 0 Å². The van der Waals surface area contributed by atoms with Gasteiger partial charge in [0.2, 0.25) is 0 Å². The Bertz CT molecular complexity index is 376. The maximum absolute atomic E-state index is 10.8. The fraction of sp³-hybridized carbons (Fsp3) is 0.333. The van der Waals surface area contributed by atoms with Gasteiger partial charge in [-0.15, -0.1) is 0 Å². The minimum Gasteiger partial charge on any atom is -0.508 e. The van der Waals surface area contributed by atoms with E-state index in [1.807, 2.05) is 0 Å². The maximum Gasteiger partial charge on any atom is 0.397 e. The lowest BCUT2D eigenvalue weighted by atomic mass is 10.3. The number of benzene rings is 1. The van der Waals surface area contributed by atoms with Crippen LogP contribution in [0.5, 0.6) is 11.5 Å². The number of anilines is 1. The van der Waals surface area contributed by atoms with E-state index in [2.05, 4.69) is 0 Å². The molecule has 0 aliphatic heterocycles. The Balaban J connectivity index is 0.000000321. The lowest BCUT2D eigenvalue weighted by Gasteiger charge is -2.08. The normalized spacial score (nSPS) is 11.7. The number of phenolic OH excluding ortho intramolecular Hbond substituents is 2. The van der Waals surface area contributed by atoms with E-state index in [4.69, 9.17) is 15.9 Å². The zero-order valence-electron chi connectivity index (χ0n) is 8.68. The molecule has 0 spiro atoms. The highest BCUT2D eigenvalue weighted by Crippen LogP contribution is 2.31. The first kappa shape index (κ1) is 16.2. The van der Waals surface area contributed by atoms with Gasteiger partial charge in [0.25, 0.3) is 0 Å². The third-order valence-electron chi connectivity index (χ3n) is 1.41. The molecule has 0 fully saturated rings. The van der Waals surface area contributed by atoms with Crippen LogP contribution in [0.15, 0.2) is 18.2 Å². The number of alkyl halides is 6. The lowest BCUT2D eigenvalue weighted by Crippen LogP contribution is -2.20. The molecule has 1 rings (SSSR count). The van der Waals surface area contributed by atoms with E-state index in [9.17, 15) is 26.3 Å². The zero-order valence-corrected chi connectivity index (χ0v) is 8.68. The molecular formula is C9H9F6NO2. The van der Waals surface area contributed by atoms with Crippen LogP contribution in [-0.2, 0) is 0 Å². The van der Waals surface area contributed by atoms with Gasteiger partial charge in [-0.1, -0.05) is 0 Å². The zero-order chi connectivity index (χ0) is 14.6. The Morgan fingerprint density at radius 3 is 1.61 bits per heavy atom. The summed E-state index contributed by atoms with van der Waals surface area (Å²) < 4.78 is 65.0. The van der Waals surface area contributed by atoms with E-state index < -0.39 is 18.8 Å². The predicted molar refractivity (Wildman–Crippen MR) is 50.9 cm³/mol. The Morgan fingerprint density at radius 1 is 0.944 bits per heavy atom. The van der Waals surface area contributed by atoms with E-state index in [0.29, 0.717) is 0 Å². The topological polar surface area (TPSA) is 66.5 Å². The summed E-state index contributed by atoms with van der Waals surface area (Å²) >= 11 is 0. The highest BCUT2D eigenvalue weighted by atomic mass is 19.4. The molecule has 0 saturated carbocycles. The first-order valence-electron chi connectivity index (χ1n) is 4.31. The van der Waals surface area contributed by atoms with Crippen LogP contribution in [-0.4, -0.2) is 22.6 Å². The van der Waals surface area contributed by atoms with Crippen molar-refractivity contribution in [1.82, 2.24) is 0 Å². The molecule has 0 aliphatic rings. The summed E-state index contributed by atoms with van der Waals surface area (Å²) in [6, 6.07) is 3.99. The molecule has 0 aromatic heterocycles. The van der Waals surface area contributed by atoms with E-state index in [-0.39, 0.29) is 17.2 Å². The van der Waals surface area contributed by atoms with Gasteiger partial charge in [-0.2, -0.15) is 26.3 Å². The number of rotatable bonds is 0. The average Bonchev–Trinajstić information content (AvgIpc) is 2.06. The van der Waals surface area contributed by atoms with Gasteiger partial charge in [0.15, 0.2) is 0 Å². The van der Waals surface area contributed by atoms with Crippen molar-refractivity contribution < 1.29 is 36.6 Å². The van der Waals surface area contributed by atoms with E-state index in [1.165, 1.54) is 18.2 Å². The fourth-order valence-electron chi connectivity index (χ4n) is 0.769. The SMILES string of the molecule is FC(F)(F)CC(F)(F)F.Nc1cc(O)ccc1O. The van der Waals surface area contributed by atoms with Gasteiger partial charge < -0.3 is 15.9 Å². The second-order valence-electron chi connectivity index (χ2n) is 3.15. The Hall–Kier alpha value is -1.80. The molecule has 9 heteroatoms. The molecule has 0 amide bonds. The van der Waals surface area contributed by atoms with Crippen molar-refractivity contribution in [1.29, 1.82) is 0 Å². The van der Waals surface area contributed by atoms with Gasteiger partial charge in [0.05, 0.1) is 5.69 Å². The lowest BCUT2D eigenvalue weighted by molar-refractivity contribution is -0.232. The van der Waals surface area contributed by atoms with Gasteiger partial charge in [-0.05, 0) is 12.1 Å². The third-order valence-corrected chi connectivity index (χ3v) is 1.41. The molecule has 0 bridgehead atoms. The Labute approximate surface area is 97.5 Å². The molecule has 0 saturated heterocycles. The fourth-order valence-corrected chi connectivity index (χ4v) is 0.769. The van der Waals surface area contributed by atoms with Crippen molar-refractivity contribution in [3.8, 4) is 11.5 Å². The minimum atomic E-state index is -5.14. The Kier molecular flexibility index (Phi) is 5.12. The van der Waals surface area contributed by atoms with Gasteiger partial charge in [-0.3, -0.25) is 0 Å². The molecule has 3 nitrogen and oxygen atoms in total. The number of hydrogen-bond acceptors (Lipinski definition) is 3. The van der Waals surface area contributed by atoms with E-state index in [0.717, 1.165) is 0 Å². The molecule has 0 atom stereocenters. The molecule has 1 aromatic carbocycles. The molecule has 0 unspecified atom stereocenters. The third kappa shape index (κ3) is 8.36. The average molecular weight is 277 g/mol. The van der Waals surface area contributed by atoms with E-state index >= 15 is 0 Å². The molecule has 0 heterocycles. The van der Waals surface area contributed by atoms with Crippen LogP contribution in [0.4, 0.5) is 32.0 Å². The number of aromatic hydroxyl groups is 2. The molecule has 4 N–H and O–H groups in total. The monoisotopic (exact) mass is 277 g/mol. The van der Waals surface area contributed by atoms with Crippen molar-refractivity contribution in [2.75, 3.05) is 5.73 Å². The van der Waals surface area contributed by atoms with Crippen LogP contribution < -0.4 is 5.73 Å². The second-order valence-corrected chi connectivity index (χ2v) is 3.15. The largest absolute Gasteiger partial charge is 0.508 e. The summed E-state index contributed by atoms with van der Waals surface area (Å²) in [4.78, 5) is 0. The first-order chi connectivity index (χ1) is 7.91. The summed E-state index contributed by atoms with van der Waals surface area (Å²) in [5.41, 5.74) is 5.40. The van der Waals surface area contributed by atoms with Crippen molar-refractivity contribution >= 4 is 5.69 Å². The van der Waals surface area contributed by atoms with Crippen LogP contribution in [0.2, 0.25) is 0 Å². The number of halogens is 6. The van der Waals surface area contributed by atoms with Crippen LogP contribution in [0.25, 0.3) is 0 Å². The van der Waals surface area contributed by atoms with Crippen molar-refractivity contribution in [2.24, 2.45) is 0 Å². The molecule has 1 aromatic rings. The standard InChI is InChI=1S/C6H7NO2.C3H2F6/c7-5-3-4(8)1-2-6(5)9;4-2(5,6)1-3(7,8)9/h1-3,8-9H,7H2;1H2. The second kappa shape index (κ2) is 5.69. The van der Waals surface area contributed by atoms with Gasteiger partial charge in [0.1, 0.15) is 17.9 Å². The molecule has 18 heavy (non-hydrogen) atoms. The number of nitrogen functional groups attached to an aromatic ring is 1. The van der Waals surface area contributed by atoms with Crippen molar-refractivity contribution in [2.45, 2.75) is 18.8 Å². The van der Waals surface area contributed by atoms with E-state index in [1.54, 1.807) is 0 Å². The van der Waals surface area contributed by atoms with Crippen molar-refractivity contribution in [3.05, 3.63) is 18.2 Å². The highest BCUT2D eigenvalue weighted by Gasteiger charge is 2.43. The summed E-state index contributed by atoms with van der Waals surface area (Å²) in [5, 5.41) is 17.6. The number of phenols is 2. The van der Waals surface area contributed by atoms with Gasteiger partial charge in [-0.25, -0.2) is 0 Å². The molecular weight excluding hydrogens is 268 g/mol. The first-order valence-corrected chi connectivity index (χ1v) is 4.31. The van der Waals surface area contributed by atoms with Crippen LogP contribution >= 0.6 is 0 Å². The number of hydrogen-bond donors (Lipinski definition) is 3. The highest BCUT2D eigenvalue weighted by molar-refractivity contribution is 5.54. The molecule has 0 aliphatic carbocycles. The van der Waals surface area contributed by atoms with Crippen LogP contribution in [0.3, 0.4) is 0 Å². The summed E-state index contributed by atoms with van der Waals surface area (Å²) in [7, 11) is 0. The smallest absolute Gasteiger partial charge is 0.397 e. The van der Waals surface area contributed by atoms with Crippen molar-refractivity contribution in [3.63, 3.8) is 0 Å². The maximum atomic E-state index is 10.8. The number of nitrogens with two attached hydrogens (primary N) is 1. The van der Waals surface area contributed by atoms with Gasteiger partial charge >= 0.3 is 12.4 Å². The molecule has 0 radical (unpaired) electrons. The molecule has 104 valence electrons. The summed E-state index contributed by atoms with van der Waals surface area (Å²) in [6.07, 6.45) is -13.0. The van der Waals surface area contributed by atoms with Crippen LogP contribution in [0.1, 0.15) is 6.42 Å². The van der Waals surface area contributed by atoms with Gasteiger partial charge in [0, 0.05) is 6.07 Å².